The minimum atomic E-state index is 0.0795. The van der Waals surface area contributed by atoms with E-state index in [0.29, 0.717) is 5.92 Å². The van der Waals surface area contributed by atoms with Gasteiger partial charge in [0.15, 0.2) is 0 Å². The van der Waals surface area contributed by atoms with Crippen molar-refractivity contribution < 1.29 is 0 Å². The van der Waals surface area contributed by atoms with E-state index in [4.69, 9.17) is 5.73 Å². The molecule has 0 saturated heterocycles. The first kappa shape index (κ1) is 9.68. The van der Waals surface area contributed by atoms with Gasteiger partial charge in [0.05, 0.1) is 11.7 Å². The summed E-state index contributed by atoms with van der Waals surface area (Å²) in [7, 11) is 0. The van der Waals surface area contributed by atoms with E-state index in [1.54, 1.807) is 11.3 Å². The zero-order chi connectivity index (χ0) is 9.14. The summed E-state index contributed by atoms with van der Waals surface area (Å²) in [4.78, 5) is 4.44. The predicted octanol–water partition coefficient (Wildman–Crippen LogP) is 2.36. The Labute approximate surface area is 77.8 Å². The molecule has 12 heavy (non-hydrogen) atoms. The van der Waals surface area contributed by atoms with Gasteiger partial charge in [-0.3, -0.25) is 0 Å². The molecule has 0 aliphatic heterocycles. The molecule has 0 spiro atoms. The highest BCUT2D eigenvalue weighted by Gasteiger charge is 2.06. The molecule has 2 N–H and O–H groups in total. The number of rotatable bonds is 3. The van der Waals surface area contributed by atoms with Gasteiger partial charge in [-0.2, -0.15) is 0 Å². The first-order valence-corrected chi connectivity index (χ1v) is 5.17. The van der Waals surface area contributed by atoms with Crippen LogP contribution in [-0.4, -0.2) is 4.98 Å². The van der Waals surface area contributed by atoms with Crippen LogP contribution in [0, 0.1) is 5.92 Å². The zero-order valence-corrected chi connectivity index (χ0v) is 8.69. The molecular formula is C9H16N2S. The third kappa shape index (κ3) is 2.57. The van der Waals surface area contributed by atoms with E-state index in [9.17, 15) is 0 Å². The Morgan fingerprint density at radius 1 is 1.50 bits per heavy atom. The second kappa shape index (κ2) is 4.01. The SMILES string of the molecule is CC(C)Cc1csc(C(C)N)n1. The number of aromatic nitrogens is 1. The largest absolute Gasteiger partial charge is 0.322 e. The topological polar surface area (TPSA) is 38.9 Å². The van der Waals surface area contributed by atoms with Crippen LogP contribution in [0.3, 0.4) is 0 Å². The van der Waals surface area contributed by atoms with Crippen LogP contribution in [-0.2, 0) is 6.42 Å². The van der Waals surface area contributed by atoms with Gasteiger partial charge in [0.2, 0.25) is 0 Å². The molecule has 0 fully saturated rings. The number of nitrogens with zero attached hydrogens (tertiary/aromatic N) is 1. The second-order valence-electron chi connectivity index (χ2n) is 3.56. The fraction of sp³-hybridized carbons (Fsp3) is 0.667. The summed E-state index contributed by atoms with van der Waals surface area (Å²) in [6.07, 6.45) is 1.06. The lowest BCUT2D eigenvalue weighted by Gasteiger charge is -2.00. The van der Waals surface area contributed by atoms with E-state index < -0.39 is 0 Å². The van der Waals surface area contributed by atoms with Crippen LogP contribution in [0.25, 0.3) is 0 Å². The Balaban J connectivity index is 2.64. The van der Waals surface area contributed by atoms with Crippen molar-refractivity contribution in [3.05, 3.63) is 16.1 Å². The van der Waals surface area contributed by atoms with Gasteiger partial charge in [0.25, 0.3) is 0 Å². The molecule has 0 aliphatic carbocycles. The first-order valence-electron chi connectivity index (χ1n) is 4.29. The van der Waals surface area contributed by atoms with Crippen molar-refractivity contribution in [3.63, 3.8) is 0 Å². The van der Waals surface area contributed by atoms with Crippen LogP contribution in [0.2, 0.25) is 0 Å². The first-order chi connectivity index (χ1) is 5.59. The summed E-state index contributed by atoms with van der Waals surface area (Å²) in [6, 6.07) is 0.0795. The lowest BCUT2D eigenvalue weighted by Crippen LogP contribution is -2.04. The van der Waals surface area contributed by atoms with E-state index in [1.807, 2.05) is 6.92 Å². The molecule has 0 aliphatic rings. The van der Waals surface area contributed by atoms with Gasteiger partial charge in [-0.25, -0.2) is 4.98 Å². The van der Waals surface area contributed by atoms with Gasteiger partial charge in [0, 0.05) is 5.38 Å². The third-order valence-electron chi connectivity index (χ3n) is 1.58. The van der Waals surface area contributed by atoms with Crippen molar-refractivity contribution >= 4 is 11.3 Å². The Bertz CT molecular complexity index is 240. The highest BCUT2D eigenvalue weighted by Crippen LogP contribution is 2.17. The van der Waals surface area contributed by atoms with E-state index in [1.165, 1.54) is 5.69 Å². The minimum absolute atomic E-state index is 0.0795. The van der Waals surface area contributed by atoms with Crippen LogP contribution in [0.5, 0.6) is 0 Å². The zero-order valence-electron chi connectivity index (χ0n) is 7.87. The van der Waals surface area contributed by atoms with Crippen molar-refractivity contribution in [3.8, 4) is 0 Å². The maximum Gasteiger partial charge on any atom is 0.109 e. The van der Waals surface area contributed by atoms with Crippen molar-refractivity contribution in [2.24, 2.45) is 11.7 Å². The minimum Gasteiger partial charge on any atom is -0.322 e. The van der Waals surface area contributed by atoms with Crippen molar-refractivity contribution in [2.45, 2.75) is 33.2 Å². The molecule has 1 aromatic heterocycles. The van der Waals surface area contributed by atoms with Crippen LogP contribution in [0.1, 0.15) is 37.5 Å². The number of hydrogen-bond donors (Lipinski definition) is 1. The molecule has 1 rings (SSSR count). The number of hydrogen-bond acceptors (Lipinski definition) is 3. The average molecular weight is 184 g/mol. The van der Waals surface area contributed by atoms with Crippen molar-refractivity contribution in [2.75, 3.05) is 0 Å². The monoisotopic (exact) mass is 184 g/mol. The quantitative estimate of drug-likeness (QED) is 0.783. The Morgan fingerprint density at radius 2 is 2.17 bits per heavy atom. The lowest BCUT2D eigenvalue weighted by atomic mass is 10.1. The molecule has 1 unspecified atom stereocenters. The number of thiazole rings is 1. The van der Waals surface area contributed by atoms with Gasteiger partial charge < -0.3 is 5.73 Å². The summed E-state index contributed by atoms with van der Waals surface area (Å²) < 4.78 is 0. The summed E-state index contributed by atoms with van der Waals surface area (Å²) in [5.74, 6) is 0.674. The molecule has 0 radical (unpaired) electrons. The summed E-state index contributed by atoms with van der Waals surface area (Å²) in [5.41, 5.74) is 6.89. The molecule has 0 bridgehead atoms. The Kier molecular flexibility index (Phi) is 3.23. The third-order valence-corrected chi connectivity index (χ3v) is 2.67. The predicted molar refractivity (Wildman–Crippen MR) is 53.3 cm³/mol. The molecular weight excluding hydrogens is 168 g/mol. The van der Waals surface area contributed by atoms with E-state index in [-0.39, 0.29) is 6.04 Å². The average Bonchev–Trinajstić information content (AvgIpc) is 2.34. The maximum absolute atomic E-state index is 5.71. The molecule has 2 nitrogen and oxygen atoms in total. The summed E-state index contributed by atoms with van der Waals surface area (Å²) in [6.45, 7) is 6.37. The lowest BCUT2D eigenvalue weighted by molar-refractivity contribution is 0.634. The number of nitrogens with two attached hydrogens (primary N) is 1. The van der Waals surface area contributed by atoms with Crippen LogP contribution in [0.4, 0.5) is 0 Å². The van der Waals surface area contributed by atoms with Gasteiger partial charge in [-0.05, 0) is 19.3 Å². The fourth-order valence-corrected chi connectivity index (χ4v) is 1.83. The summed E-state index contributed by atoms with van der Waals surface area (Å²) in [5, 5.41) is 3.16. The summed E-state index contributed by atoms with van der Waals surface area (Å²) >= 11 is 1.66. The molecule has 1 atom stereocenters. The van der Waals surface area contributed by atoms with Gasteiger partial charge >= 0.3 is 0 Å². The van der Waals surface area contributed by atoms with Gasteiger partial charge in [0.1, 0.15) is 5.01 Å². The Hall–Kier alpha value is -0.410. The normalized spacial score (nSPS) is 13.8. The molecule has 1 heterocycles. The Morgan fingerprint density at radius 3 is 2.58 bits per heavy atom. The van der Waals surface area contributed by atoms with Crippen LogP contribution < -0.4 is 5.73 Å². The molecule has 68 valence electrons. The molecule has 0 aromatic carbocycles. The van der Waals surface area contributed by atoms with Crippen molar-refractivity contribution in [1.82, 2.24) is 4.98 Å². The highest BCUT2D eigenvalue weighted by molar-refractivity contribution is 7.09. The maximum atomic E-state index is 5.71. The van der Waals surface area contributed by atoms with Crippen LogP contribution in [0.15, 0.2) is 5.38 Å². The highest BCUT2D eigenvalue weighted by atomic mass is 32.1. The van der Waals surface area contributed by atoms with Crippen molar-refractivity contribution in [1.29, 1.82) is 0 Å². The van der Waals surface area contributed by atoms with E-state index >= 15 is 0 Å². The molecule has 0 saturated carbocycles. The molecule has 1 aromatic rings. The standard InChI is InChI=1S/C9H16N2S/c1-6(2)4-8-5-12-9(11-8)7(3)10/h5-7H,4,10H2,1-3H3. The molecule has 3 heteroatoms. The fourth-order valence-electron chi connectivity index (χ4n) is 1.04. The van der Waals surface area contributed by atoms with E-state index in [2.05, 4.69) is 24.2 Å². The van der Waals surface area contributed by atoms with Gasteiger partial charge in [-0.15, -0.1) is 11.3 Å². The van der Waals surface area contributed by atoms with Gasteiger partial charge in [-0.1, -0.05) is 13.8 Å². The smallest absolute Gasteiger partial charge is 0.109 e. The second-order valence-corrected chi connectivity index (χ2v) is 4.45. The van der Waals surface area contributed by atoms with E-state index in [0.717, 1.165) is 11.4 Å². The van der Waals surface area contributed by atoms with Crippen LogP contribution >= 0.6 is 11.3 Å². The molecule has 0 amide bonds.